The van der Waals surface area contributed by atoms with Crippen molar-refractivity contribution in [3.05, 3.63) is 71.0 Å². The molecule has 2 aromatic carbocycles. The van der Waals surface area contributed by atoms with Crippen LogP contribution in [0.2, 0.25) is 5.15 Å². The van der Waals surface area contributed by atoms with E-state index in [0.717, 1.165) is 47.5 Å². The molecule has 2 aromatic heterocycles. The van der Waals surface area contributed by atoms with E-state index in [-0.39, 0.29) is 18.1 Å². The van der Waals surface area contributed by atoms with E-state index < -0.39 is 11.8 Å². The maximum Gasteiger partial charge on any atom is 0.302 e. The highest BCUT2D eigenvalue weighted by atomic mass is 35.5. The van der Waals surface area contributed by atoms with Crippen molar-refractivity contribution in [2.24, 2.45) is 0 Å². The number of fused-ring (bicyclic) bond motifs is 2. The number of carbonyl (C=O) groups is 3. The molecule has 0 radical (unpaired) electrons. The quantitative estimate of drug-likeness (QED) is 0.289. The molecule has 4 aromatic rings. The van der Waals surface area contributed by atoms with Crippen LogP contribution in [-0.2, 0) is 19.1 Å². The number of para-hydroxylation sites is 2. The smallest absolute Gasteiger partial charge is 0.302 e. The van der Waals surface area contributed by atoms with Gasteiger partial charge in [-0.1, -0.05) is 48.0 Å². The number of ether oxygens (including phenoxy) is 1. The molecule has 1 aliphatic carbocycles. The van der Waals surface area contributed by atoms with Crippen molar-refractivity contribution in [1.82, 2.24) is 14.9 Å². The number of hydrogen-bond acceptors (Lipinski definition) is 4. The number of carbonyl (C=O) groups excluding carboxylic acids is 3. The number of aromatic amines is 1. The molecule has 8 heteroatoms. The number of rotatable bonds is 4. The van der Waals surface area contributed by atoms with Crippen molar-refractivity contribution in [3.63, 3.8) is 0 Å². The molecule has 2 amide bonds. The van der Waals surface area contributed by atoms with Gasteiger partial charge >= 0.3 is 5.97 Å². The first kappa shape index (κ1) is 22.6. The van der Waals surface area contributed by atoms with E-state index in [0.29, 0.717) is 27.4 Å². The topological polar surface area (TPSA) is 93.2 Å². The average Bonchev–Trinajstić information content (AvgIpc) is 3.49. The summed E-state index contributed by atoms with van der Waals surface area (Å²) in [5.41, 5.74) is 3.63. The Morgan fingerprint density at radius 2 is 1.61 bits per heavy atom. The van der Waals surface area contributed by atoms with Crippen LogP contribution in [0.25, 0.3) is 33.0 Å². The molecule has 0 unspecified atom stereocenters. The fourth-order valence-electron chi connectivity index (χ4n) is 5.71. The van der Waals surface area contributed by atoms with Crippen LogP contribution < -0.4 is 5.32 Å². The molecule has 1 saturated carbocycles. The minimum absolute atomic E-state index is 0.0836. The minimum Gasteiger partial charge on any atom is -0.463 e. The number of esters is 1. The predicted octanol–water partition coefficient (Wildman–Crippen LogP) is 5.39. The lowest BCUT2D eigenvalue weighted by Gasteiger charge is -2.30. The van der Waals surface area contributed by atoms with Gasteiger partial charge in [0.05, 0.1) is 16.7 Å². The fraction of sp³-hybridized carbons (Fsp3) is 0.250. The van der Waals surface area contributed by atoms with Crippen molar-refractivity contribution in [3.8, 4) is 0 Å². The molecule has 0 atom stereocenters. The van der Waals surface area contributed by atoms with Gasteiger partial charge in [-0.2, -0.15) is 0 Å². The van der Waals surface area contributed by atoms with Crippen molar-refractivity contribution in [2.45, 2.75) is 44.8 Å². The van der Waals surface area contributed by atoms with Crippen molar-refractivity contribution >= 4 is 62.3 Å². The van der Waals surface area contributed by atoms with Gasteiger partial charge in [0.15, 0.2) is 0 Å². The zero-order chi connectivity index (χ0) is 25.0. The maximum absolute atomic E-state index is 13.2. The average molecular weight is 502 g/mol. The summed E-state index contributed by atoms with van der Waals surface area (Å²) in [7, 11) is 0. The number of nitrogens with one attached hydrogen (secondary N) is 2. The first-order chi connectivity index (χ1) is 17.4. The molecule has 3 heterocycles. The summed E-state index contributed by atoms with van der Waals surface area (Å²) in [6, 6.07) is 15.5. The molecule has 36 heavy (non-hydrogen) atoms. The normalized spacial score (nSPS) is 20.4. The molecule has 7 nitrogen and oxygen atoms in total. The molecule has 0 bridgehead atoms. The summed E-state index contributed by atoms with van der Waals surface area (Å²) in [5.74, 6) is -1.16. The molecule has 6 rings (SSSR count). The van der Waals surface area contributed by atoms with E-state index in [4.69, 9.17) is 16.3 Å². The monoisotopic (exact) mass is 501 g/mol. The lowest BCUT2D eigenvalue weighted by atomic mass is 9.92. The van der Waals surface area contributed by atoms with Gasteiger partial charge in [0, 0.05) is 46.6 Å². The molecule has 1 aliphatic heterocycles. The zero-order valence-electron chi connectivity index (χ0n) is 19.6. The van der Waals surface area contributed by atoms with Crippen LogP contribution in [0.3, 0.4) is 0 Å². The molecule has 2 N–H and O–H groups in total. The van der Waals surface area contributed by atoms with Crippen LogP contribution in [0, 0.1) is 0 Å². The summed E-state index contributed by atoms with van der Waals surface area (Å²) in [6.45, 7) is 1.43. The second-order valence-corrected chi connectivity index (χ2v) is 9.73. The van der Waals surface area contributed by atoms with Crippen molar-refractivity contribution < 1.29 is 19.1 Å². The first-order valence-corrected chi connectivity index (χ1v) is 12.4. The second kappa shape index (κ2) is 8.68. The first-order valence-electron chi connectivity index (χ1n) is 12.1. The minimum atomic E-state index is -0.455. The van der Waals surface area contributed by atoms with Gasteiger partial charge in [-0.25, -0.2) is 0 Å². The number of imide groups is 1. The van der Waals surface area contributed by atoms with E-state index >= 15 is 0 Å². The largest absolute Gasteiger partial charge is 0.463 e. The van der Waals surface area contributed by atoms with Gasteiger partial charge in [0.1, 0.15) is 11.3 Å². The molecule has 182 valence electrons. The lowest BCUT2D eigenvalue weighted by Crippen LogP contribution is -2.25. The predicted molar refractivity (Wildman–Crippen MR) is 138 cm³/mol. The van der Waals surface area contributed by atoms with Crippen LogP contribution in [0.5, 0.6) is 0 Å². The summed E-state index contributed by atoms with van der Waals surface area (Å²) < 4.78 is 7.49. The standard InChI is InChI=1S/C28H24ClN3O4/c1-15(33)36-17-12-10-16(11-13-17)32-22-9-5-3-7-19(22)23(26(32)29)25-24(27(34)31-28(25)35)20-14-30-21-8-4-2-6-18(20)21/h2-9,14,16-17,30H,10-13H2,1H3,(H,31,34,35). The summed E-state index contributed by atoms with van der Waals surface area (Å²) in [5, 5.41) is 4.61. The Bertz CT molecular complexity index is 1590. The summed E-state index contributed by atoms with van der Waals surface area (Å²) in [4.78, 5) is 40.9. The Hall–Kier alpha value is -3.84. The number of benzene rings is 2. The number of amides is 2. The van der Waals surface area contributed by atoms with Crippen LogP contribution in [0.15, 0.2) is 54.7 Å². The van der Waals surface area contributed by atoms with Gasteiger partial charge < -0.3 is 14.3 Å². The molecule has 0 spiro atoms. The number of nitrogens with zero attached hydrogens (tertiary/aromatic N) is 1. The van der Waals surface area contributed by atoms with Crippen LogP contribution in [0.1, 0.15) is 49.8 Å². The third-order valence-electron chi connectivity index (χ3n) is 7.23. The van der Waals surface area contributed by atoms with Crippen LogP contribution in [0.4, 0.5) is 0 Å². The zero-order valence-corrected chi connectivity index (χ0v) is 20.4. The highest BCUT2D eigenvalue weighted by Crippen LogP contribution is 2.45. The van der Waals surface area contributed by atoms with Crippen molar-refractivity contribution in [1.29, 1.82) is 0 Å². The molecule has 2 aliphatic rings. The number of H-pyrrole nitrogens is 1. The molecular formula is C28H24ClN3O4. The van der Waals surface area contributed by atoms with Gasteiger partial charge in [-0.3, -0.25) is 19.7 Å². The van der Waals surface area contributed by atoms with Gasteiger partial charge in [-0.05, 0) is 37.8 Å². The van der Waals surface area contributed by atoms with Gasteiger partial charge in [-0.15, -0.1) is 0 Å². The van der Waals surface area contributed by atoms with E-state index in [1.165, 1.54) is 6.92 Å². The Morgan fingerprint density at radius 3 is 2.36 bits per heavy atom. The highest BCUT2D eigenvalue weighted by molar-refractivity contribution is 6.52. The Kier molecular flexibility index (Phi) is 5.45. The van der Waals surface area contributed by atoms with Crippen molar-refractivity contribution in [2.75, 3.05) is 0 Å². The third kappa shape index (κ3) is 3.54. The van der Waals surface area contributed by atoms with E-state index in [2.05, 4.69) is 14.9 Å². The van der Waals surface area contributed by atoms with Crippen LogP contribution >= 0.6 is 11.6 Å². The SMILES string of the molecule is CC(=O)OC1CCC(n2c(Cl)c(C3=C(c4c[nH]c5ccccc45)C(=O)NC3=O)c3ccccc32)CC1. The molecule has 0 saturated heterocycles. The van der Waals surface area contributed by atoms with Gasteiger partial charge in [0.25, 0.3) is 11.8 Å². The Labute approximate surface area is 212 Å². The molecule has 1 fully saturated rings. The molecular weight excluding hydrogens is 478 g/mol. The second-order valence-electron chi connectivity index (χ2n) is 9.37. The maximum atomic E-state index is 13.2. The number of aromatic nitrogens is 2. The lowest BCUT2D eigenvalue weighted by molar-refractivity contribution is -0.148. The summed E-state index contributed by atoms with van der Waals surface area (Å²) in [6.07, 6.45) is 4.73. The van der Waals surface area contributed by atoms with Gasteiger partial charge in [0.2, 0.25) is 0 Å². The Morgan fingerprint density at radius 1 is 0.944 bits per heavy atom. The highest BCUT2D eigenvalue weighted by Gasteiger charge is 2.37. The van der Waals surface area contributed by atoms with Crippen LogP contribution in [-0.4, -0.2) is 33.4 Å². The van der Waals surface area contributed by atoms with E-state index in [1.54, 1.807) is 6.20 Å². The fourth-order valence-corrected chi connectivity index (χ4v) is 6.14. The number of hydrogen-bond donors (Lipinski definition) is 2. The Balaban J connectivity index is 1.52. The number of halogens is 1. The summed E-state index contributed by atoms with van der Waals surface area (Å²) >= 11 is 7.09. The van der Waals surface area contributed by atoms with E-state index in [9.17, 15) is 14.4 Å². The third-order valence-corrected chi connectivity index (χ3v) is 7.60. The van der Waals surface area contributed by atoms with E-state index in [1.807, 2.05) is 48.5 Å².